The Labute approximate surface area is 92.5 Å². The van der Waals surface area contributed by atoms with Crippen molar-refractivity contribution >= 4 is 12.4 Å². The number of hydrogen-bond acceptors (Lipinski definition) is 2. The second-order valence-electron chi connectivity index (χ2n) is 3.99. The number of halogens is 1. The smallest absolute Gasteiger partial charge is 0.0756 e. The molecular weight excluding hydrogens is 198 g/mol. The highest BCUT2D eigenvalue weighted by Gasteiger charge is 2.13. The van der Waals surface area contributed by atoms with Crippen molar-refractivity contribution in [3.63, 3.8) is 0 Å². The Morgan fingerprint density at radius 3 is 2.64 bits per heavy atom. The molecule has 0 saturated carbocycles. The summed E-state index contributed by atoms with van der Waals surface area (Å²) in [5.74, 6) is 0. The summed E-state index contributed by atoms with van der Waals surface area (Å²) >= 11 is 0. The van der Waals surface area contributed by atoms with Crippen LogP contribution in [0, 0.1) is 0 Å². The summed E-state index contributed by atoms with van der Waals surface area (Å²) in [6, 6.07) is 0.616. The van der Waals surface area contributed by atoms with Crippen LogP contribution in [0.5, 0.6) is 0 Å². The topological polar surface area (TPSA) is 21.3 Å². The molecular formula is C11H20ClNO. The Kier molecular flexibility index (Phi) is 5.53. The molecule has 2 heterocycles. The molecule has 0 aromatic rings. The van der Waals surface area contributed by atoms with Crippen molar-refractivity contribution in [2.75, 3.05) is 13.2 Å². The van der Waals surface area contributed by atoms with Crippen LogP contribution in [-0.4, -0.2) is 25.3 Å². The van der Waals surface area contributed by atoms with Crippen LogP contribution >= 0.6 is 12.4 Å². The fourth-order valence-electron chi connectivity index (χ4n) is 2.05. The predicted octanol–water partition coefficient (Wildman–Crippen LogP) is 2.29. The van der Waals surface area contributed by atoms with E-state index in [0.717, 1.165) is 6.61 Å². The molecule has 14 heavy (non-hydrogen) atoms. The molecule has 0 bridgehead atoms. The van der Waals surface area contributed by atoms with Crippen molar-refractivity contribution in [2.24, 2.45) is 0 Å². The summed E-state index contributed by atoms with van der Waals surface area (Å²) in [5, 5.41) is 3.45. The van der Waals surface area contributed by atoms with Crippen LogP contribution in [0.4, 0.5) is 0 Å². The third-order valence-corrected chi connectivity index (χ3v) is 2.87. The number of nitrogens with one attached hydrogen (secondary N) is 1. The maximum Gasteiger partial charge on any atom is 0.0756 e. The average Bonchev–Trinajstić information content (AvgIpc) is 2.69. The van der Waals surface area contributed by atoms with Gasteiger partial charge in [0.2, 0.25) is 0 Å². The summed E-state index contributed by atoms with van der Waals surface area (Å²) in [6.07, 6.45) is 11.3. The van der Waals surface area contributed by atoms with Gasteiger partial charge >= 0.3 is 0 Å². The van der Waals surface area contributed by atoms with Crippen LogP contribution in [0.3, 0.4) is 0 Å². The zero-order valence-electron chi connectivity index (χ0n) is 8.58. The molecule has 82 valence electrons. The fourth-order valence-corrected chi connectivity index (χ4v) is 2.05. The Bertz CT molecular complexity index is 172. The molecule has 2 rings (SSSR count). The van der Waals surface area contributed by atoms with Crippen molar-refractivity contribution in [1.29, 1.82) is 0 Å². The average molecular weight is 218 g/mol. The lowest BCUT2D eigenvalue weighted by molar-refractivity contribution is 0.0464. The SMILES string of the molecule is C(=C\C1CCCCO1)/C1CCCN1.Cl. The minimum atomic E-state index is 0. The summed E-state index contributed by atoms with van der Waals surface area (Å²) in [5.41, 5.74) is 0. The first-order chi connectivity index (χ1) is 6.45. The Morgan fingerprint density at radius 1 is 1.07 bits per heavy atom. The summed E-state index contributed by atoms with van der Waals surface area (Å²) in [6.45, 7) is 2.13. The van der Waals surface area contributed by atoms with E-state index < -0.39 is 0 Å². The van der Waals surface area contributed by atoms with Crippen LogP contribution < -0.4 is 5.32 Å². The fraction of sp³-hybridized carbons (Fsp3) is 0.818. The van der Waals surface area contributed by atoms with E-state index in [1.54, 1.807) is 0 Å². The lowest BCUT2D eigenvalue weighted by atomic mass is 10.1. The van der Waals surface area contributed by atoms with Crippen molar-refractivity contribution < 1.29 is 4.74 Å². The normalized spacial score (nSPS) is 33.1. The molecule has 2 fully saturated rings. The molecule has 2 aliphatic rings. The molecule has 2 atom stereocenters. The Balaban J connectivity index is 0.000000980. The van der Waals surface area contributed by atoms with Gasteiger partial charge in [0.1, 0.15) is 0 Å². The van der Waals surface area contributed by atoms with Crippen LogP contribution in [0.2, 0.25) is 0 Å². The zero-order valence-corrected chi connectivity index (χ0v) is 9.39. The lowest BCUT2D eigenvalue weighted by Gasteiger charge is -2.19. The summed E-state index contributed by atoms with van der Waals surface area (Å²) < 4.78 is 5.62. The van der Waals surface area contributed by atoms with Gasteiger partial charge in [0.05, 0.1) is 6.10 Å². The first-order valence-electron chi connectivity index (χ1n) is 5.48. The van der Waals surface area contributed by atoms with Crippen molar-refractivity contribution in [3.8, 4) is 0 Å². The first kappa shape index (κ1) is 12.0. The van der Waals surface area contributed by atoms with E-state index in [1.165, 1.54) is 38.6 Å². The van der Waals surface area contributed by atoms with Crippen LogP contribution in [0.1, 0.15) is 32.1 Å². The summed E-state index contributed by atoms with van der Waals surface area (Å²) in [4.78, 5) is 0. The predicted molar refractivity (Wildman–Crippen MR) is 61.0 cm³/mol. The molecule has 0 amide bonds. The minimum Gasteiger partial charge on any atom is -0.374 e. The molecule has 0 spiro atoms. The van der Waals surface area contributed by atoms with Crippen molar-refractivity contribution in [3.05, 3.63) is 12.2 Å². The van der Waals surface area contributed by atoms with Gasteiger partial charge in [-0.25, -0.2) is 0 Å². The molecule has 1 N–H and O–H groups in total. The van der Waals surface area contributed by atoms with Crippen molar-refractivity contribution in [1.82, 2.24) is 5.32 Å². The molecule has 2 aliphatic heterocycles. The monoisotopic (exact) mass is 217 g/mol. The third-order valence-electron chi connectivity index (χ3n) is 2.87. The molecule has 0 aromatic carbocycles. The van der Waals surface area contributed by atoms with Gasteiger partial charge in [-0.15, -0.1) is 12.4 Å². The maximum absolute atomic E-state index is 5.62. The van der Waals surface area contributed by atoms with Gasteiger partial charge in [-0.3, -0.25) is 0 Å². The highest BCUT2D eigenvalue weighted by Crippen LogP contribution is 2.15. The van der Waals surface area contributed by atoms with Gasteiger partial charge in [0, 0.05) is 12.6 Å². The van der Waals surface area contributed by atoms with E-state index in [4.69, 9.17) is 4.74 Å². The van der Waals surface area contributed by atoms with Crippen molar-refractivity contribution in [2.45, 2.75) is 44.2 Å². The molecule has 0 aromatic heterocycles. The zero-order chi connectivity index (χ0) is 8.93. The summed E-state index contributed by atoms with van der Waals surface area (Å²) in [7, 11) is 0. The standard InChI is InChI=1S/C11H19NO.ClH/c1-2-9-13-11(5-1)7-6-10-4-3-8-12-10;/h6-7,10-12H,1-5,8-9H2;1H/b7-6+;. The van der Waals surface area contributed by atoms with E-state index in [0.29, 0.717) is 12.1 Å². The second-order valence-corrected chi connectivity index (χ2v) is 3.99. The number of hydrogen-bond donors (Lipinski definition) is 1. The van der Waals surface area contributed by atoms with Gasteiger partial charge in [-0.1, -0.05) is 12.2 Å². The van der Waals surface area contributed by atoms with Gasteiger partial charge in [0.15, 0.2) is 0 Å². The molecule has 3 heteroatoms. The van der Waals surface area contributed by atoms with E-state index in [2.05, 4.69) is 17.5 Å². The van der Waals surface area contributed by atoms with Crippen LogP contribution in [0.25, 0.3) is 0 Å². The minimum absolute atomic E-state index is 0. The highest BCUT2D eigenvalue weighted by molar-refractivity contribution is 5.85. The first-order valence-corrected chi connectivity index (χ1v) is 5.48. The van der Waals surface area contributed by atoms with E-state index in [9.17, 15) is 0 Å². The van der Waals surface area contributed by atoms with Crippen LogP contribution in [-0.2, 0) is 4.74 Å². The molecule has 2 nitrogen and oxygen atoms in total. The van der Waals surface area contributed by atoms with Gasteiger partial charge in [-0.2, -0.15) is 0 Å². The largest absolute Gasteiger partial charge is 0.374 e. The highest BCUT2D eigenvalue weighted by atomic mass is 35.5. The van der Waals surface area contributed by atoms with E-state index >= 15 is 0 Å². The van der Waals surface area contributed by atoms with Gasteiger partial charge < -0.3 is 10.1 Å². The molecule has 2 saturated heterocycles. The molecule has 0 aliphatic carbocycles. The third kappa shape index (κ3) is 3.60. The Morgan fingerprint density at radius 2 is 2.00 bits per heavy atom. The number of rotatable bonds is 2. The second kappa shape index (κ2) is 6.44. The number of ether oxygens (including phenoxy) is 1. The van der Waals surface area contributed by atoms with Gasteiger partial charge in [0.25, 0.3) is 0 Å². The van der Waals surface area contributed by atoms with Crippen LogP contribution in [0.15, 0.2) is 12.2 Å². The van der Waals surface area contributed by atoms with E-state index in [1.807, 2.05) is 0 Å². The lowest BCUT2D eigenvalue weighted by Crippen LogP contribution is -2.21. The molecule has 0 radical (unpaired) electrons. The Hall–Kier alpha value is -0.0500. The quantitative estimate of drug-likeness (QED) is 0.717. The van der Waals surface area contributed by atoms with E-state index in [-0.39, 0.29) is 12.4 Å². The van der Waals surface area contributed by atoms with Gasteiger partial charge in [-0.05, 0) is 38.6 Å². The molecule has 2 unspecified atom stereocenters. The maximum atomic E-state index is 5.62.